The topological polar surface area (TPSA) is 55.4 Å². The molecule has 4 saturated carbocycles. The molecule has 134 valence electrons. The number of anilines is 1. The average Bonchev–Trinajstić information content (AvgIpc) is 2.55. The van der Waals surface area contributed by atoms with Crippen LogP contribution in [0.1, 0.15) is 49.7 Å². The molecule has 4 heteroatoms. The Kier molecular flexibility index (Phi) is 4.09. The summed E-state index contributed by atoms with van der Waals surface area (Å²) < 4.78 is 5.48. The first kappa shape index (κ1) is 16.6. The summed E-state index contributed by atoms with van der Waals surface area (Å²) in [5.74, 6) is 1.70. The van der Waals surface area contributed by atoms with E-state index >= 15 is 0 Å². The lowest BCUT2D eigenvalue weighted by Gasteiger charge is -2.55. The molecule has 1 N–H and O–H groups in total. The van der Waals surface area contributed by atoms with Crippen molar-refractivity contribution in [3.63, 3.8) is 0 Å². The van der Waals surface area contributed by atoms with Crippen LogP contribution in [0.3, 0.4) is 0 Å². The van der Waals surface area contributed by atoms with E-state index in [2.05, 4.69) is 5.32 Å². The minimum Gasteiger partial charge on any atom is -0.455 e. The molecule has 0 heterocycles. The van der Waals surface area contributed by atoms with E-state index in [0.29, 0.717) is 17.8 Å². The standard InChI is InChI=1S/C21H27NO3/c1-13-3-4-14(2)18(5-13)22-19(23)12-25-20(24)21-9-15-6-16(10-21)8-17(7-15)11-21/h3-5,15-17H,6-12H2,1-2H3,(H,22,23). The molecule has 4 aliphatic carbocycles. The van der Waals surface area contributed by atoms with Crippen molar-refractivity contribution in [3.8, 4) is 0 Å². The molecule has 25 heavy (non-hydrogen) atoms. The fourth-order valence-corrected chi connectivity index (χ4v) is 5.70. The van der Waals surface area contributed by atoms with Crippen LogP contribution in [0.5, 0.6) is 0 Å². The van der Waals surface area contributed by atoms with Gasteiger partial charge in [0.2, 0.25) is 0 Å². The molecule has 0 spiro atoms. The van der Waals surface area contributed by atoms with Crippen molar-refractivity contribution in [2.24, 2.45) is 23.2 Å². The minimum atomic E-state index is -0.297. The molecule has 1 aromatic carbocycles. The van der Waals surface area contributed by atoms with Crippen LogP contribution in [-0.2, 0) is 14.3 Å². The van der Waals surface area contributed by atoms with Crippen LogP contribution >= 0.6 is 0 Å². The van der Waals surface area contributed by atoms with Crippen LogP contribution < -0.4 is 5.32 Å². The van der Waals surface area contributed by atoms with Crippen LogP contribution in [0.25, 0.3) is 0 Å². The predicted octanol–water partition coefficient (Wildman–Crippen LogP) is 4.00. The highest BCUT2D eigenvalue weighted by atomic mass is 16.5. The molecular formula is C21H27NO3. The van der Waals surface area contributed by atoms with Crippen LogP contribution in [0, 0.1) is 37.0 Å². The number of hydrogen-bond acceptors (Lipinski definition) is 3. The molecule has 4 aliphatic rings. The van der Waals surface area contributed by atoms with Crippen LogP contribution in [0.15, 0.2) is 18.2 Å². The lowest BCUT2D eigenvalue weighted by atomic mass is 9.49. The zero-order valence-electron chi connectivity index (χ0n) is 15.1. The maximum absolute atomic E-state index is 12.8. The highest BCUT2D eigenvalue weighted by Gasteiger charge is 2.55. The van der Waals surface area contributed by atoms with Gasteiger partial charge in [-0.3, -0.25) is 9.59 Å². The molecule has 1 aromatic rings. The Morgan fingerprint density at radius 3 is 2.28 bits per heavy atom. The van der Waals surface area contributed by atoms with E-state index in [0.717, 1.165) is 36.1 Å². The van der Waals surface area contributed by atoms with E-state index < -0.39 is 0 Å². The van der Waals surface area contributed by atoms with Crippen molar-refractivity contribution < 1.29 is 14.3 Å². The maximum Gasteiger partial charge on any atom is 0.312 e. The Hall–Kier alpha value is -1.84. The van der Waals surface area contributed by atoms with Crippen molar-refractivity contribution in [3.05, 3.63) is 29.3 Å². The van der Waals surface area contributed by atoms with Gasteiger partial charge >= 0.3 is 5.97 Å². The van der Waals surface area contributed by atoms with Gasteiger partial charge in [-0.05, 0) is 87.3 Å². The van der Waals surface area contributed by atoms with Gasteiger partial charge in [0.1, 0.15) is 0 Å². The molecule has 0 atom stereocenters. The van der Waals surface area contributed by atoms with Gasteiger partial charge in [0.05, 0.1) is 5.41 Å². The number of amides is 1. The Morgan fingerprint density at radius 1 is 1.08 bits per heavy atom. The second-order valence-electron chi connectivity index (χ2n) is 8.64. The summed E-state index contributed by atoms with van der Waals surface area (Å²) in [6, 6.07) is 5.93. The molecule has 0 unspecified atom stereocenters. The van der Waals surface area contributed by atoms with Crippen molar-refractivity contribution in [2.75, 3.05) is 11.9 Å². The third-order valence-corrected chi connectivity index (χ3v) is 6.47. The molecule has 5 rings (SSSR count). The number of aryl methyl sites for hydroxylation is 2. The first-order valence-electron chi connectivity index (χ1n) is 9.48. The number of esters is 1. The van der Waals surface area contributed by atoms with Crippen LogP contribution in [0.4, 0.5) is 5.69 Å². The second kappa shape index (κ2) is 6.15. The molecule has 4 nitrogen and oxygen atoms in total. The molecule has 0 saturated heterocycles. The third kappa shape index (κ3) is 3.19. The number of carbonyl (C=O) groups excluding carboxylic acids is 2. The summed E-state index contributed by atoms with van der Waals surface area (Å²) in [5.41, 5.74) is 2.59. The number of benzene rings is 1. The lowest BCUT2D eigenvalue weighted by Crippen LogP contribution is -2.50. The minimum absolute atomic E-state index is 0.136. The summed E-state index contributed by atoms with van der Waals surface area (Å²) in [4.78, 5) is 25.0. The summed E-state index contributed by atoms with van der Waals surface area (Å²) in [6.45, 7) is 3.76. The summed E-state index contributed by atoms with van der Waals surface area (Å²) in [5, 5.41) is 2.86. The fraction of sp³-hybridized carbons (Fsp3) is 0.619. The zero-order valence-corrected chi connectivity index (χ0v) is 15.1. The molecule has 4 bridgehead atoms. The van der Waals surface area contributed by atoms with Gasteiger partial charge in [-0.25, -0.2) is 0 Å². The fourth-order valence-electron chi connectivity index (χ4n) is 5.70. The van der Waals surface area contributed by atoms with Crippen LogP contribution in [0.2, 0.25) is 0 Å². The monoisotopic (exact) mass is 341 g/mol. The van der Waals surface area contributed by atoms with Gasteiger partial charge in [-0.1, -0.05) is 12.1 Å². The van der Waals surface area contributed by atoms with Crippen molar-refractivity contribution in [1.82, 2.24) is 0 Å². The largest absolute Gasteiger partial charge is 0.455 e. The summed E-state index contributed by atoms with van der Waals surface area (Å²) in [7, 11) is 0. The van der Waals surface area contributed by atoms with Gasteiger partial charge in [-0.2, -0.15) is 0 Å². The van der Waals surface area contributed by atoms with E-state index in [1.807, 2.05) is 32.0 Å². The number of nitrogens with one attached hydrogen (secondary N) is 1. The molecule has 1 amide bonds. The maximum atomic E-state index is 12.8. The van der Waals surface area contributed by atoms with Crippen molar-refractivity contribution in [2.45, 2.75) is 52.4 Å². The molecular weight excluding hydrogens is 314 g/mol. The van der Waals surface area contributed by atoms with E-state index in [-0.39, 0.29) is 23.9 Å². The zero-order chi connectivity index (χ0) is 17.6. The number of hydrogen-bond donors (Lipinski definition) is 1. The Labute approximate surface area is 149 Å². The smallest absolute Gasteiger partial charge is 0.312 e. The predicted molar refractivity (Wildman–Crippen MR) is 96.1 cm³/mol. The van der Waals surface area contributed by atoms with Crippen molar-refractivity contribution >= 4 is 17.6 Å². The third-order valence-electron chi connectivity index (χ3n) is 6.47. The number of rotatable bonds is 4. The molecule has 0 aliphatic heterocycles. The van der Waals surface area contributed by atoms with Gasteiger partial charge in [0, 0.05) is 5.69 Å². The molecule has 4 fully saturated rings. The van der Waals surface area contributed by atoms with E-state index in [1.54, 1.807) is 0 Å². The second-order valence-corrected chi connectivity index (χ2v) is 8.64. The van der Waals surface area contributed by atoms with Gasteiger partial charge in [0.15, 0.2) is 6.61 Å². The van der Waals surface area contributed by atoms with Gasteiger partial charge in [0.25, 0.3) is 5.91 Å². The average molecular weight is 341 g/mol. The van der Waals surface area contributed by atoms with Crippen molar-refractivity contribution in [1.29, 1.82) is 0 Å². The number of ether oxygens (including phenoxy) is 1. The highest BCUT2D eigenvalue weighted by molar-refractivity contribution is 5.94. The summed E-state index contributed by atoms with van der Waals surface area (Å²) >= 11 is 0. The lowest BCUT2D eigenvalue weighted by molar-refractivity contribution is -0.172. The van der Waals surface area contributed by atoms with E-state index in [9.17, 15) is 9.59 Å². The van der Waals surface area contributed by atoms with Crippen LogP contribution in [-0.4, -0.2) is 18.5 Å². The quantitative estimate of drug-likeness (QED) is 0.842. The molecule has 0 radical (unpaired) electrons. The first-order chi connectivity index (χ1) is 11.9. The van der Waals surface area contributed by atoms with Gasteiger partial charge in [-0.15, -0.1) is 0 Å². The Morgan fingerprint density at radius 2 is 1.68 bits per heavy atom. The van der Waals surface area contributed by atoms with Gasteiger partial charge < -0.3 is 10.1 Å². The first-order valence-corrected chi connectivity index (χ1v) is 9.48. The summed E-state index contributed by atoms with van der Waals surface area (Å²) in [6.07, 6.45) is 6.78. The Balaban J connectivity index is 1.36. The normalized spacial score (nSPS) is 32.5. The SMILES string of the molecule is Cc1ccc(C)c(NC(=O)COC(=O)C23CC4CC(CC(C4)C2)C3)c1. The Bertz CT molecular complexity index is 674. The van der Waals surface area contributed by atoms with E-state index in [1.165, 1.54) is 19.3 Å². The number of carbonyl (C=O) groups is 2. The highest BCUT2D eigenvalue weighted by Crippen LogP contribution is 2.60. The van der Waals surface area contributed by atoms with E-state index in [4.69, 9.17) is 4.74 Å². The molecule has 0 aromatic heterocycles.